The Kier molecular flexibility index (Phi) is 2.84. The van der Waals surface area contributed by atoms with Crippen LogP contribution in [-0.4, -0.2) is 11.5 Å². The number of benzene rings is 1. The summed E-state index contributed by atoms with van der Waals surface area (Å²) in [7, 11) is 0. The Labute approximate surface area is 111 Å². The third-order valence-electron chi connectivity index (χ3n) is 3.34. The van der Waals surface area contributed by atoms with Crippen LogP contribution in [0, 0.1) is 0 Å². The first kappa shape index (κ1) is 11.4. The minimum Gasteiger partial charge on any atom is -0.398 e. The Balaban J connectivity index is 1.94. The summed E-state index contributed by atoms with van der Waals surface area (Å²) in [5.74, 6) is 0.854. The van der Waals surface area contributed by atoms with Crippen LogP contribution in [0.15, 0.2) is 36.5 Å². The third-order valence-corrected chi connectivity index (χ3v) is 3.64. The van der Waals surface area contributed by atoms with Gasteiger partial charge in [0.1, 0.15) is 5.82 Å². The van der Waals surface area contributed by atoms with Crippen LogP contribution in [0.1, 0.15) is 11.1 Å². The molecule has 92 valence electrons. The van der Waals surface area contributed by atoms with Gasteiger partial charge in [-0.05, 0) is 35.7 Å². The van der Waals surface area contributed by atoms with E-state index in [1.165, 1.54) is 11.1 Å². The zero-order valence-corrected chi connectivity index (χ0v) is 10.7. The Morgan fingerprint density at radius 1 is 1.22 bits per heavy atom. The Morgan fingerprint density at radius 3 is 2.94 bits per heavy atom. The van der Waals surface area contributed by atoms with Gasteiger partial charge in [0.25, 0.3) is 0 Å². The summed E-state index contributed by atoms with van der Waals surface area (Å²) in [6, 6.07) is 9.80. The van der Waals surface area contributed by atoms with Crippen molar-refractivity contribution in [2.24, 2.45) is 0 Å². The van der Waals surface area contributed by atoms with E-state index in [9.17, 15) is 0 Å². The highest BCUT2D eigenvalue weighted by Gasteiger charge is 2.20. The third kappa shape index (κ3) is 1.91. The number of nitrogens with zero attached hydrogens (tertiary/aromatic N) is 2. The molecule has 0 unspecified atom stereocenters. The quantitative estimate of drug-likeness (QED) is 0.801. The van der Waals surface area contributed by atoms with Gasteiger partial charge in [0, 0.05) is 25.0 Å². The summed E-state index contributed by atoms with van der Waals surface area (Å²) >= 11 is 6.19. The number of rotatable bonds is 1. The van der Waals surface area contributed by atoms with Crippen molar-refractivity contribution in [2.45, 2.75) is 13.0 Å². The van der Waals surface area contributed by atoms with E-state index in [1.807, 2.05) is 24.3 Å². The van der Waals surface area contributed by atoms with Gasteiger partial charge in [0.05, 0.1) is 5.02 Å². The van der Waals surface area contributed by atoms with Gasteiger partial charge < -0.3 is 10.6 Å². The zero-order valence-electron chi connectivity index (χ0n) is 9.94. The number of nitrogen functional groups attached to an aromatic ring is 1. The number of nitrogens with two attached hydrogens (primary N) is 1. The second kappa shape index (κ2) is 4.50. The van der Waals surface area contributed by atoms with Gasteiger partial charge in [0.15, 0.2) is 0 Å². The Hall–Kier alpha value is -1.74. The molecule has 0 fully saturated rings. The van der Waals surface area contributed by atoms with Crippen LogP contribution >= 0.6 is 11.6 Å². The van der Waals surface area contributed by atoms with E-state index in [0.717, 1.165) is 31.0 Å². The van der Waals surface area contributed by atoms with E-state index in [4.69, 9.17) is 17.3 Å². The molecule has 2 heterocycles. The zero-order chi connectivity index (χ0) is 12.5. The standard InChI is InChI=1S/C14H14ClN3/c15-12-4-2-7-17-14(12)18-8-6-11-10(9-18)3-1-5-13(11)16/h1-5,7H,6,8-9,16H2. The van der Waals surface area contributed by atoms with Crippen molar-refractivity contribution in [3.8, 4) is 0 Å². The van der Waals surface area contributed by atoms with E-state index in [-0.39, 0.29) is 0 Å². The van der Waals surface area contributed by atoms with Crippen LogP contribution in [0.5, 0.6) is 0 Å². The lowest BCUT2D eigenvalue weighted by atomic mass is 9.98. The highest BCUT2D eigenvalue weighted by molar-refractivity contribution is 6.32. The molecular weight excluding hydrogens is 246 g/mol. The van der Waals surface area contributed by atoms with Crippen molar-refractivity contribution in [1.82, 2.24) is 4.98 Å². The number of hydrogen-bond acceptors (Lipinski definition) is 3. The average molecular weight is 260 g/mol. The van der Waals surface area contributed by atoms with Crippen LogP contribution in [0.4, 0.5) is 11.5 Å². The van der Waals surface area contributed by atoms with Gasteiger partial charge in [-0.1, -0.05) is 23.7 Å². The number of fused-ring (bicyclic) bond motifs is 1. The van der Waals surface area contributed by atoms with Crippen LogP contribution in [0.2, 0.25) is 5.02 Å². The van der Waals surface area contributed by atoms with Crippen LogP contribution in [-0.2, 0) is 13.0 Å². The largest absolute Gasteiger partial charge is 0.398 e. The predicted molar refractivity (Wildman–Crippen MR) is 74.9 cm³/mol. The molecule has 0 saturated heterocycles. The minimum absolute atomic E-state index is 0.699. The van der Waals surface area contributed by atoms with E-state index < -0.39 is 0 Å². The fraction of sp³-hybridized carbons (Fsp3) is 0.214. The lowest BCUT2D eigenvalue weighted by molar-refractivity contribution is 0.723. The summed E-state index contributed by atoms with van der Waals surface area (Å²) in [6.07, 6.45) is 2.71. The smallest absolute Gasteiger partial charge is 0.147 e. The van der Waals surface area contributed by atoms with E-state index in [1.54, 1.807) is 6.20 Å². The molecule has 0 bridgehead atoms. The van der Waals surface area contributed by atoms with Crippen molar-refractivity contribution in [1.29, 1.82) is 0 Å². The lowest BCUT2D eigenvalue weighted by Gasteiger charge is -2.30. The summed E-state index contributed by atoms with van der Waals surface area (Å²) in [5.41, 5.74) is 9.41. The number of pyridine rings is 1. The summed E-state index contributed by atoms with van der Waals surface area (Å²) in [5, 5.41) is 0.699. The molecule has 18 heavy (non-hydrogen) atoms. The molecule has 1 aromatic heterocycles. The molecule has 0 radical (unpaired) electrons. The van der Waals surface area contributed by atoms with Crippen LogP contribution < -0.4 is 10.6 Å². The molecule has 0 atom stereocenters. The number of halogens is 1. The molecule has 0 aliphatic carbocycles. The normalized spacial score (nSPS) is 14.4. The molecule has 3 rings (SSSR count). The molecule has 2 N–H and O–H groups in total. The molecule has 1 aromatic carbocycles. The second-order valence-corrected chi connectivity index (χ2v) is 4.87. The van der Waals surface area contributed by atoms with Gasteiger partial charge in [-0.15, -0.1) is 0 Å². The topological polar surface area (TPSA) is 42.1 Å². The molecule has 3 nitrogen and oxygen atoms in total. The molecule has 4 heteroatoms. The Morgan fingerprint density at radius 2 is 2.11 bits per heavy atom. The predicted octanol–water partition coefficient (Wildman–Crippen LogP) is 2.88. The monoisotopic (exact) mass is 259 g/mol. The first-order valence-corrected chi connectivity index (χ1v) is 6.35. The SMILES string of the molecule is Nc1cccc2c1CCN(c1ncccc1Cl)C2. The Bertz CT molecular complexity index is 583. The van der Waals surface area contributed by atoms with Crippen molar-refractivity contribution in [2.75, 3.05) is 17.2 Å². The van der Waals surface area contributed by atoms with Gasteiger partial charge >= 0.3 is 0 Å². The van der Waals surface area contributed by atoms with E-state index >= 15 is 0 Å². The molecule has 1 aliphatic heterocycles. The van der Waals surface area contributed by atoms with Gasteiger partial charge in [-0.2, -0.15) is 0 Å². The first-order valence-electron chi connectivity index (χ1n) is 5.97. The van der Waals surface area contributed by atoms with E-state index in [0.29, 0.717) is 5.02 Å². The number of hydrogen-bond donors (Lipinski definition) is 1. The maximum Gasteiger partial charge on any atom is 0.147 e. The fourth-order valence-electron chi connectivity index (χ4n) is 2.43. The molecule has 2 aromatic rings. The number of aromatic nitrogens is 1. The molecule has 0 spiro atoms. The van der Waals surface area contributed by atoms with Crippen molar-refractivity contribution < 1.29 is 0 Å². The summed E-state index contributed by atoms with van der Waals surface area (Å²) in [4.78, 5) is 6.56. The molecule has 1 aliphatic rings. The molecule has 0 amide bonds. The van der Waals surface area contributed by atoms with Crippen LogP contribution in [0.25, 0.3) is 0 Å². The van der Waals surface area contributed by atoms with Crippen molar-refractivity contribution >= 4 is 23.1 Å². The first-order chi connectivity index (χ1) is 8.75. The van der Waals surface area contributed by atoms with Gasteiger partial charge in [-0.25, -0.2) is 4.98 Å². The minimum atomic E-state index is 0.699. The second-order valence-electron chi connectivity index (χ2n) is 4.47. The maximum absolute atomic E-state index is 6.19. The van der Waals surface area contributed by atoms with Crippen molar-refractivity contribution in [3.05, 3.63) is 52.7 Å². The summed E-state index contributed by atoms with van der Waals surface area (Å²) in [6.45, 7) is 1.72. The average Bonchev–Trinajstić information content (AvgIpc) is 2.39. The maximum atomic E-state index is 6.19. The highest BCUT2D eigenvalue weighted by atomic mass is 35.5. The fourth-order valence-corrected chi connectivity index (χ4v) is 2.67. The van der Waals surface area contributed by atoms with Crippen molar-refractivity contribution in [3.63, 3.8) is 0 Å². The molecular formula is C14H14ClN3. The van der Waals surface area contributed by atoms with E-state index in [2.05, 4.69) is 16.0 Å². The van der Waals surface area contributed by atoms with Gasteiger partial charge in [0.2, 0.25) is 0 Å². The molecule has 0 saturated carbocycles. The van der Waals surface area contributed by atoms with Gasteiger partial charge in [-0.3, -0.25) is 0 Å². The van der Waals surface area contributed by atoms with Crippen LogP contribution in [0.3, 0.4) is 0 Å². The number of anilines is 2. The highest BCUT2D eigenvalue weighted by Crippen LogP contribution is 2.30. The lowest BCUT2D eigenvalue weighted by Crippen LogP contribution is -2.31. The summed E-state index contributed by atoms with van der Waals surface area (Å²) < 4.78 is 0.